The summed E-state index contributed by atoms with van der Waals surface area (Å²) < 4.78 is 23.1. The first kappa shape index (κ1) is 55.9. The lowest BCUT2D eigenvalue weighted by molar-refractivity contribution is -0.308. The molecule has 3 aliphatic rings. The summed E-state index contributed by atoms with van der Waals surface area (Å²) in [5.74, 6) is -6.83. The summed E-state index contributed by atoms with van der Waals surface area (Å²) >= 11 is 0. The number of carbonyl (C=O) groups excluding carboxylic acids is 1. The van der Waals surface area contributed by atoms with Gasteiger partial charge in [0, 0.05) is 37.5 Å². The maximum atomic E-state index is 12.6. The molecule has 3 heterocycles. The van der Waals surface area contributed by atoms with Gasteiger partial charge in [0.05, 0.1) is 79.6 Å². The Morgan fingerprint density at radius 1 is 0.662 bits per heavy atom. The summed E-state index contributed by atoms with van der Waals surface area (Å²) in [5, 5.41) is 118. The Kier molecular flexibility index (Phi) is 23.6. The third-order valence-corrected chi connectivity index (χ3v) is 12.0. The second-order valence-corrected chi connectivity index (χ2v) is 17.6. The van der Waals surface area contributed by atoms with Crippen LogP contribution in [-0.2, 0) is 28.5 Å². The highest BCUT2D eigenvalue weighted by atomic mass is 16.7. The van der Waals surface area contributed by atoms with Crippen LogP contribution >= 0.6 is 0 Å². The normalized spacial score (nSPS) is 45.5. The number of nitrogens with two attached hydrogens (primary N) is 1. The van der Waals surface area contributed by atoms with E-state index in [0.717, 1.165) is 0 Å². The van der Waals surface area contributed by atoms with Crippen molar-refractivity contribution in [1.29, 1.82) is 0 Å². The summed E-state index contributed by atoms with van der Waals surface area (Å²) in [6.45, 7) is 6.74. The number of carboxylic acid groups (broad SMARTS) is 1. The molecule has 13 N–H and O–H groups in total. The number of rotatable bonds is 3. The molecule has 18 nitrogen and oxygen atoms in total. The molecule has 0 amide bonds. The zero-order valence-electron chi connectivity index (χ0n) is 37.6. The Bertz CT molecular complexity index is 1670. The van der Waals surface area contributed by atoms with Crippen LogP contribution in [0.5, 0.6) is 0 Å². The molecule has 0 aromatic rings. The van der Waals surface area contributed by atoms with Crippen molar-refractivity contribution in [2.75, 3.05) is 0 Å². The molecule has 2 saturated heterocycles. The average molecular weight is 924 g/mol. The van der Waals surface area contributed by atoms with Gasteiger partial charge in [0.25, 0.3) is 0 Å². The molecular formula is C47H73NO17. The van der Waals surface area contributed by atoms with Crippen molar-refractivity contribution in [3.63, 3.8) is 0 Å². The minimum absolute atomic E-state index is 0.107. The van der Waals surface area contributed by atoms with E-state index in [2.05, 4.69) is 0 Å². The van der Waals surface area contributed by atoms with Gasteiger partial charge >= 0.3 is 11.9 Å². The lowest BCUT2D eigenvalue weighted by Crippen LogP contribution is -2.61. The molecule has 0 radical (unpaired) electrons. The fourth-order valence-corrected chi connectivity index (χ4v) is 7.97. The van der Waals surface area contributed by atoms with Crippen molar-refractivity contribution < 1.29 is 84.7 Å². The number of aliphatic hydroxyl groups is 10. The standard InChI is InChI=1S/C47H73NO17/c1-27-17-15-13-11-9-7-5-6-8-10-12-14-16-18-34(64-46-44(58)41(48)43(57)30(4)63-46)24-38-40(45(59)60)37(54)26-47(61,65-38)25-33(51)22-36(53)35(52)20-19-31(49)21-32(50)23-39(55)62-29(3)28(2)42(27)56/h5-18,27-38,40-44,46,49-54,56-58,61H,19-26,48H2,1-4H3,(H,59,60)/b6-5+,9-7+,10-8+,13-11+,14-12+,17-15+,18-16+/t27-,28-,29-,30+,31+,32?,33?,34-,35?,36+,37-,38-,40?,41-,42?,43+,44?,46?,47?/m0/s1. The molecule has 65 heavy (non-hydrogen) atoms. The largest absolute Gasteiger partial charge is 0.481 e. The first-order valence-electron chi connectivity index (χ1n) is 22.3. The molecule has 0 spiro atoms. The highest BCUT2D eigenvalue weighted by Gasteiger charge is 2.51. The number of hydrogen-bond donors (Lipinski definition) is 12. The minimum Gasteiger partial charge on any atom is -0.481 e. The smallest absolute Gasteiger partial charge is 0.311 e. The lowest BCUT2D eigenvalue weighted by atomic mass is 9.82. The van der Waals surface area contributed by atoms with Gasteiger partial charge in [0.1, 0.15) is 18.1 Å². The van der Waals surface area contributed by atoms with E-state index in [4.69, 9.17) is 24.7 Å². The molecule has 0 aromatic carbocycles. The maximum absolute atomic E-state index is 12.6. The molecule has 18 heteroatoms. The van der Waals surface area contributed by atoms with Crippen LogP contribution in [-0.4, -0.2) is 166 Å². The van der Waals surface area contributed by atoms with Gasteiger partial charge in [-0.3, -0.25) is 9.59 Å². The van der Waals surface area contributed by atoms with Crippen LogP contribution in [0.4, 0.5) is 0 Å². The van der Waals surface area contributed by atoms with E-state index in [0.29, 0.717) is 0 Å². The number of hydrogen-bond acceptors (Lipinski definition) is 17. The molecule has 0 aromatic heterocycles. The number of aliphatic hydroxyl groups excluding tert-OH is 9. The van der Waals surface area contributed by atoms with Gasteiger partial charge < -0.3 is 80.9 Å². The van der Waals surface area contributed by atoms with Crippen molar-refractivity contribution in [2.24, 2.45) is 23.5 Å². The van der Waals surface area contributed by atoms with E-state index in [1.165, 1.54) is 13.0 Å². The van der Waals surface area contributed by atoms with Gasteiger partial charge in [-0.1, -0.05) is 98.9 Å². The first-order chi connectivity index (χ1) is 30.6. The number of carbonyl (C=O) groups is 2. The predicted octanol–water partition coefficient (Wildman–Crippen LogP) is 0.712. The summed E-state index contributed by atoms with van der Waals surface area (Å²) in [6, 6.07) is -1.15. The molecule has 0 saturated carbocycles. The van der Waals surface area contributed by atoms with Crippen LogP contribution in [0.3, 0.4) is 0 Å². The average Bonchev–Trinajstić information content (AvgIpc) is 3.21. The predicted molar refractivity (Wildman–Crippen MR) is 237 cm³/mol. The maximum Gasteiger partial charge on any atom is 0.311 e. The molecular weight excluding hydrogens is 851 g/mol. The van der Waals surface area contributed by atoms with Gasteiger partial charge in [-0.05, 0) is 33.1 Å². The highest BCUT2D eigenvalue weighted by Crippen LogP contribution is 2.38. The molecule has 3 rings (SSSR count). The van der Waals surface area contributed by atoms with Crippen molar-refractivity contribution in [2.45, 2.75) is 177 Å². The monoisotopic (exact) mass is 923 g/mol. The summed E-state index contributed by atoms with van der Waals surface area (Å²) in [4.78, 5) is 25.1. The van der Waals surface area contributed by atoms with Crippen LogP contribution in [0.2, 0.25) is 0 Å². The van der Waals surface area contributed by atoms with Crippen molar-refractivity contribution >= 4 is 11.9 Å². The summed E-state index contributed by atoms with van der Waals surface area (Å²) in [7, 11) is 0. The zero-order chi connectivity index (χ0) is 48.4. The van der Waals surface area contributed by atoms with E-state index in [-0.39, 0.29) is 31.6 Å². The number of fused-ring (bicyclic) bond motifs is 2. The van der Waals surface area contributed by atoms with Crippen LogP contribution in [0.15, 0.2) is 85.1 Å². The third-order valence-electron chi connectivity index (χ3n) is 12.0. The van der Waals surface area contributed by atoms with E-state index in [9.17, 15) is 65.8 Å². The molecule has 8 unspecified atom stereocenters. The Morgan fingerprint density at radius 2 is 1.23 bits per heavy atom. The van der Waals surface area contributed by atoms with Gasteiger partial charge in [-0.25, -0.2) is 0 Å². The fraction of sp³-hybridized carbons (Fsp3) is 0.660. The second kappa shape index (κ2) is 27.4. The van der Waals surface area contributed by atoms with Gasteiger partial charge in [0.15, 0.2) is 12.1 Å². The first-order valence-corrected chi connectivity index (χ1v) is 22.3. The van der Waals surface area contributed by atoms with E-state index >= 15 is 0 Å². The number of allylic oxidation sites excluding steroid dienone is 12. The van der Waals surface area contributed by atoms with Crippen molar-refractivity contribution in [1.82, 2.24) is 0 Å². The highest BCUT2D eigenvalue weighted by molar-refractivity contribution is 5.71. The number of ether oxygens (including phenoxy) is 4. The molecule has 3 aliphatic heterocycles. The Balaban J connectivity index is 1.86. The summed E-state index contributed by atoms with van der Waals surface area (Å²) in [6.07, 6.45) is 3.46. The van der Waals surface area contributed by atoms with E-state index in [1.807, 2.05) is 19.1 Å². The Morgan fingerprint density at radius 3 is 1.82 bits per heavy atom. The molecule has 368 valence electrons. The van der Waals surface area contributed by atoms with Gasteiger partial charge in [-0.2, -0.15) is 0 Å². The number of carboxylic acids is 1. The number of aliphatic carboxylic acids is 1. The van der Waals surface area contributed by atoms with Gasteiger partial charge in [0.2, 0.25) is 0 Å². The van der Waals surface area contributed by atoms with Crippen LogP contribution in [0.1, 0.15) is 79.1 Å². The zero-order valence-corrected chi connectivity index (χ0v) is 37.6. The topological polar surface area (TPSA) is 320 Å². The second-order valence-electron chi connectivity index (χ2n) is 17.6. The number of esters is 1. The Labute approximate surface area is 381 Å². The Hall–Kier alpha value is -3.44. The van der Waals surface area contributed by atoms with Crippen molar-refractivity contribution in [3.05, 3.63) is 85.1 Å². The minimum atomic E-state index is -2.33. The third kappa shape index (κ3) is 18.6. The SMILES string of the molecule is C[C@@H]1OC(=O)CC(O)C[C@H](O)CCC(O)[C@H](O)CC(O)CC2(O)C[C@H](O)C(C(=O)O)[C@H](C[C@@H](OC3O[C@H](C)[C@@H](O)[C@H](N)C3O)/C=C/C=C/C=C/C=C/C=C/C=C/C=C/[C@H](C)C(O)[C@H]1C)O2. The van der Waals surface area contributed by atoms with E-state index in [1.54, 1.807) is 80.7 Å². The molecule has 2 bridgehead atoms. The number of cyclic esters (lactones) is 1. The molecule has 2 fully saturated rings. The summed E-state index contributed by atoms with van der Waals surface area (Å²) in [5.41, 5.74) is 6.02. The van der Waals surface area contributed by atoms with Gasteiger partial charge in [-0.15, -0.1) is 0 Å². The lowest BCUT2D eigenvalue weighted by Gasteiger charge is -2.45. The molecule has 0 aliphatic carbocycles. The molecule has 19 atom stereocenters. The van der Waals surface area contributed by atoms with Crippen molar-refractivity contribution in [3.8, 4) is 0 Å². The van der Waals surface area contributed by atoms with Crippen LogP contribution < -0.4 is 5.73 Å². The quantitative estimate of drug-likeness (QED) is 0.174. The van der Waals surface area contributed by atoms with Crippen LogP contribution in [0, 0.1) is 17.8 Å². The van der Waals surface area contributed by atoms with E-state index < -0.39 is 147 Å². The fourth-order valence-electron chi connectivity index (χ4n) is 7.97. The van der Waals surface area contributed by atoms with Crippen LogP contribution in [0.25, 0.3) is 0 Å².